The van der Waals surface area contributed by atoms with Crippen LogP contribution >= 0.6 is 23.1 Å². The molecule has 0 unspecified atom stereocenters. The average Bonchev–Trinajstić information content (AvgIpc) is 3.32. The lowest BCUT2D eigenvalue weighted by Crippen LogP contribution is -2.42. The van der Waals surface area contributed by atoms with Gasteiger partial charge in [0.2, 0.25) is 11.8 Å². The van der Waals surface area contributed by atoms with E-state index in [0.717, 1.165) is 20.7 Å². The zero-order valence-corrected chi connectivity index (χ0v) is 16.3. The van der Waals surface area contributed by atoms with Crippen molar-refractivity contribution in [1.29, 1.82) is 0 Å². The fourth-order valence-corrected chi connectivity index (χ4v) is 4.13. The molecule has 0 fully saturated rings. The number of thiazole rings is 1. The third-order valence-corrected chi connectivity index (χ3v) is 5.77. The monoisotopic (exact) mass is 412 g/mol. The van der Waals surface area contributed by atoms with Crippen molar-refractivity contribution < 1.29 is 14.0 Å². The fourth-order valence-electron chi connectivity index (χ4n) is 2.53. The van der Waals surface area contributed by atoms with Crippen LogP contribution in [0.25, 0.3) is 21.3 Å². The van der Waals surface area contributed by atoms with Gasteiger partial charge in [-0.2, -0.15) is 0 Å². The SMILES string of the molecule is O=C(CCc1nc2ccccc2s1)NNC(=O)CSc1nc2ccccc2o1. The third kappa shape index (κ3) is 4.49. The van der Waals surface area contributed by atoms with E-state index in [1.165, 1.54) is 11.8 Å². The maximum atomic E-state index is 11.9. The summed E-state index contributed by atoms with van der Waals surface area (Å²) in [5.41, 5.74) is 7.18. The molecule has 0 aliphatic heterocycles. The van der Waals surface area contributed by atoms with Gasteiger partial charge in [0.15, 0.2) is 5.58 Å². The number of para-hydroxylation sites is 3. The molecule has 0 bridgehead atoms. The predicted molar refractivity (Wildman–Crippen MR) is 109 cm³/mol. The van der Waals surface area contributed by atoms with Crippen LogP contribution in [0.2, 0.25) is 0 Å². The predicted octanol–water partition coefficient (Wildman–Crippen LogP) is 3.31. The summed E-state index contributed by atoms with van der Waals surface area (Å²) in [6, 6.07) is 15.2. The van der Waals surface area contributed by atoms with Crippen molar-refractivity contribution in [3.05, 3.63) is 53.5 Å². The molecule has 142 valence electrons. The van der Waals surface area contributed by atoms with Crippen LogP contribution in [0.3, 0.4) is 0 Å². The Morgan fingerprint density at radius 1 is 0.964 bits per heavy atom. The number of nitrogens with zero attached hydrogens (tertiary/aromatic N) is 2. The number of carbonyl (C=O) groups excluding carboxylic acids is 2. The summed E-state index contributed by atoms with van der Waals surface area (Å²) in [7, 11) is 0. The number of oxazole rings is 1. The fraction of sp³-hybridized carbons (Fsp3) is 0.158. The van der Waals surface area contributed by atoms with Crippen molar-refractivity contribution >= 4 is 56.2 Å². The van der Waals surface area contributed by atoms with E-state index in [0.29, 0.717) is 17.2 Å². The first-order valence-electron chi connectivity index (χ1n) is 8.58. The van der Waals surface area contributed by atoms with Crippen molar-refractivity contribution in [2.24, 2.45) is 0 Å². The number of aromatic nitrogens is 2. The Hall–Kier alpha value is -2.91. The van der Waals surface area contributed by atoms with Gasteiger partial charge >= 0.3 is 0 Å². The van der Waals surface area contributed by atoms with Crippen molar-refractivity contribution in [3.8, 4) is 0 Å². The van der Waals surface area contributed by atoms with E-state index in [9.17, 15) is 9.59 Å². The van der Waals surface area contributed by atoms with Crippen LogP contribution in [0.1, 0.15) is 11.4 Å². The molecule has 9 heteroatoms. The summed E-state index contributed by atoms with van der Waals surface area (Å²) in [6.07, 6.45) is 0.775. The van der Waals surface area contributed by atoms with Gasteiger partial charge in [0.25, 0.3) is 5.22 Å². The molecule has 2 aromatic carbocycles. The number of rotatable bonds is 6. The van der Waals surface area contributed by atoms with Gasteiger partial charge < -0.3 is 4.42 Å². The Morgan fingerprint density at radius 2 is 1.71 bits per heavy atom. The first-order valence-corrected chi connectivity index (χ1v) is 10.4. The minimum Gasteiger partial charge on any atom is -0.431 e. The Bertz CT molecular complexity index is 982. The molecule has 0 aliphatic carbocycles. The highest BCUT2D eigenvalue weighted by atomic mass is 32.2. The van der Waals surface area contributed by atoms with Crippen LogP contribution in [-0.4, -0.2) is 27.5 Å². The van der Waals surface area contributed by atoms with Crippen LogP contribution < -0.4 is 10.9 Å². The molecular formula is C19H16N4O3S2. The second-order valence-corrected chi connectivity index (χ2v) is 7.95. The highest BCUT2D eigenvalue weighted by Crippen LogP contribution is 2.23. The first-order chi connectivity index (χ1) is 13.7. The quantitative estimate of drug-likeness (QED) is 0.373. The van der Waals surface area contributed by atoms with E-state index in [2.05, 4.69) is 20.8 Å². The summed E-state index contributed by atoms with van der Waals surface area (Å²) in [4.78, 5) is 32.6. The molecule has 2 aromatic heterocycles. The molecule has 0 saturated carbocycles. The zero-order chi connectivity index (χ0) is 19.3. The molecule has 4 rings (SSSR count). The number of hydrogen-bond acceptors (Lipinski definition) is 7. The van der Waals surface area contributed by atoms with E-state index in [1.54, 1.807) is 11.3 Å². The number of carbonyl (C=O) groups is 2. The van der Waals surface area contributed by atoms with Gasteiger partial charge in [0.1, 0.15) is 5.52 Å². The molecule has 0 radical (unpaired) electrons. The summed E-state index contributed by atoms with van der Waals surface area (Å²) in [6.45, 7) is 0. The van der Waals surface area contributed by atoms with Crippen molar-refractivity contribution in [2.75, 3.05) is 5.75 Å². The summed E-state index contributed by atoms with van der Waals surface area (Å²) < 4.78 is 6.63. The van der Waals surface area contributed by atoms with E-state index < -0.39 is 0 Å². The summed E-state index contributed by atoms with van der Waals surface area (Å²) in [5.74, 6) is -0.509. The molecule has 0 saturated heterocycles. The van der Waals surface area contributed by atoms with Crippen LogP contribution in [0, 0.1) is 0 Å². The van der Waals surface area contributed by atoms with E-state index >= 15 is 0 Å². The lowest BCUT2D eigenvalue weighted by atomic mass is 10.3. The number of hydrogen-bond donors (Lipinski definition) is 2. The van der Waals surface area contributed by atoms with E-state index in [1.807, 2.05) is 48.5 Å². The van der Waals surface area contributed by atoms with Gasteiger partial charge in [-0.3, -0.25) is 20.4 Å². The largest absolute Gasteiger partial charge is 0.431 e. The Morgan fingerprint density at radius 3 is 2.54 bits per heavy atom. The number of thioether (sulfide) groups is 1. The smallest absolute Gasteiger partial charge is 0.257 e. The molecule has 2 N–H and O–H groups in total. The maximum absolute atomic E-state index is 11.9. The van der Waals surface area contributed by atoms with Crippen molar-refractivity contribution in [1.82, 2.24) is 20.8 Å². The molecular weight excluding hydrogens is 396 g/mol. The Labute approximate surface area is 168 Å². The van der Waals surface area contributed by atoms with Crippen LogP contribution in [0.15, 0.2) is 58.2 Å². The normalized spacial score (nSPS) is 11.0. The Kier molecular flexibility index (Phi) is 5.54. The second-order valence-electron chi connectivity index (χ2n) is 5.91. The molecule has 0 atom stereocenters. The number of fused-ring (bicyclic) bond motifs is 2. The molecule has 4 aromatic rings. The molecule has 2 amide bonds. The minimum absolute atomic E-state index is 0.0883. The van der Waals surface area contributed by atoms with Gasteiger partial charge in [0.05, 0.1) is 21.0 Å². The summed E-state index contributed by atoms with van der Waals surface area (Å²) >= 11 is 2.74. The van der Waals surface area contributed by atoms with Crippen molar-refractivity contribution in [2.45, 2.75) is 18.1 Å². The second kappa shape index (κ2) is 8.41. The lowest BCUT2D eigenvalue weighted by molar-refractivity contribution is -0.127. The molecule has 28 heavy (non-hydrogen) atoms. The van der Waals surface area contributed by atoms with Gasteiger partial charge in [-0.05, 0) is 24.3 Å². The molecule has 2 heterocycles. The highest BCUT2D eigenvalue weighted by Gasteiger charge is 2.11. The minimum atomic E-state index is -0.333. The van der Waals surface area contributed by atoms with Gasteiger partial charge in [-0.15, -0.1) is 11.3 Å². The van der Waals surface area contributed by atoms with Crippen LogP contribution in [0.4, 0.5) is 0 Å². The van der Waals surface area contributed by atoms with Crippen LogP contribution in [-0.2, 0) is 16.0 Å². The molecule has 7 nitrogen and oxygen atoms in total. The number of amides is 2. The Balaban J connectivity index is 1.20. The highest BCUT2D eigenvalue weighted by molar-refractivity contribution is 7.99. The van der Waals surface area contributed by atoms with Gasteiger partial charge in [0, 0.05) is 12.8 Å². The van der Waals surface area contributed by atoms with Crippen molar-refractivity contribution in [3.63, 3.8) is 0 Å². The van der Waals surface area contributed by atoms with E-state index in [-0.39, 0.29) is 24.0 Å². The lowest BCUT2D eigenvalue weighted by Gasteiger charge is -2.05. The number of hydrazine groups is 1. The maximum Gasteiger partial charge on any atom is 0.257 e. The van der Waals surface area contributed by atoms with Gasteiger partial charge in [-0.1, -0.05) is 36.0 Å². The average molecular weight is 412 g/mol. The summed E-state index contributed by atoms with van der Waals surface area (Å²) in [5, 5.41) is 1.31. The molecule has 0 aliphatic rings. The topological polar surface area (TPSA) is 97.1 Å². The zero-order valence-electron chi connectivity index (χ0n) is 14.7. The van der Waals surface area contributed by atoms with Gasteiger partial charge in [-0.25, -0.2) is 9.97 Å². The number of benzene rings is 2. The standard InChI is InChI=1S/C19H16N4O3S2/c24-16(9-10-18-20-13-6-2-4-8-15(13)28-18)22-23-17(25)11-27-19-21-12-5-1-3-7-14(12)26-19/h1-8H,9-11H2,(H,22,24)(H,23,25). The third-order valence-electron chi connectivity index (χ3n) is 3.85. The molecule has 0 spiro atoms. The number of aryl methyl sites for hydroxylation is 1. The van der Waals surface area contributed by atoms with E-state index in [4.69, 9.17) is 4.42 Å². The number of nitrogens with one attached hydrogen (secondary N) is 2. The first kappa shape index (κ1) is 18.5. The van der Waals surface area contributed by atoms with Crippen LogP contribution in [0.5, 0.6) is 0 Å².